The molecule has 1 unspecified atom stereocenters. The molecule has 0 saturated carbocycles. The minimum Gasteiger partial charge on any atom is -0.497 e. The second-order valence-corrected chi connectivity index (χ2v) is 7.20. The van der Waals surface area contributed by atoms with Crippen molar-refractivity contribution >= 4 is 17.5 Å². The van der Waals surface area contributed by atoms with Crippen molar-refractivity contribution in [2.24, 2.45) is 0 Å². The average molecular weight is 390 g/mol. The number of carbonyl (C=O) groups is 2. The van der Waals surface area contributed by atoms with Gasteiger partial charge in [-0.2, -0.15) is 0 Å². The standard InChI is InChI=1S/C20H30N4O4/c1-16(20(26)21-17-3-5-18(27-2)6-4-17)23-9-7-22(8-10-23)15-19(25)24-11-13-28-14-12-24/h3-6,16H,7-15H2,1-2H3,(H,21,26). The van der Waals surface area contributed by atoms with Crippen LogP contribution in [0.1, 0.15) is 6.92 Å². The van der Waals surface area contributed by atoms with Crippen molar-refractivity contribution < 1.29 is 19.1 Å². The highest BCUT2D eigenvalue weighted by molar-refractivity contribution is 5.94. The van der Waals surface area contributed by atoms with Crippen LogP contribution in [0.25, 0.3) is 0 Å². The van der Waals surface area contributed by atoms with E-state index < -0.39 is 0 Å². The summed E-state index contributed by atoms with van der Waals surface area (Å²) in [6.45, 7) is 8.10. The zero-order valence-corrected chi connectivity index (χ0v) is 16.7. The van der Waals surface area contributed by atoms with Crippen molar-refractivity contribution in [1.29, 1.82) is 0 Å². The van der Waals surface area contributed by atoms with E-state index in [0.29, 0.717) is 32.8 Å². The van der Waals surface area contributed by atoms with Gasteiger partial charge in [0.15, 0.2) is 0 Å². The van der Waals surface area contributed by atoms with Gasteiger partial charge in [-0.05, 0) is 31.2 Å². The number of hydrogen-bond donors (Lipinski definition) is 1. The number of ether oxygens (including phenoxy) is 2. The molecule has 0 bridgehead atoms. The summed E-state index contributed by atoms with van der Waals surface area (Å²) >= 11 is 0. The van der Waals surface area contributed by atoms with Crippen LogP contribution in [0.2, 0.25) is 0 Å². The highest BCUT2D eigenvalue weighted by Crippen LogP contribution is 2.16. The van der Waals surface area contributed by atoms with Gasteiger partial charge < -0.3 is 19.7 Å². The number of nitrogens with one attached hydrogen (secondary N) is 1. The third kappa shape index (κ3) is 5.43. The Labute approximate surface area is 166 Å². The number of rotatable bonds is 6. The zero-order valence-electron chi connectivity index (χ0n) is 16.7. The number of nitrogens with zero attached hydrogens (tertiary/aromatic N) is 3. The molecule has 2 saturated heterocycles. The highest BCUT2D eigenvalue weighted by atomic mass is 16.5. The smallest absolute Gasteiger partial charge is 0.241 e. The first-order valence-electron chi connectivity index (χ1n) is 9.83. The summed E-state index contributed by atoms with van der Waals surface area (Å²) in [4.78, 5) is 31.1. The second-order valence-electron chi connectivity index (χ2n) is 7.20. The monoisotopic (exact) mass is 390 g/mol. The fourth-order valence-electron chi connectivity index (χ4n) is 3.50. The van der Waals surface area contributed by atoms with Gasteiger partial charge in [-0.15, -0.1) is 0 Å². The maximum Gasteiger partial charge on any atom is 0.241 e. The molecule has 0 aromatic heterocycles. The van der Waals surface area contributed by atoms with Crippen LogP contribution < -0.4 is 10.1 Å². The van der Waals surface area contributed by atoms with Gasteiger partial charge >= 0.3 is 0 Å². The summed E-state index contributed by atoms with van der Waals surface area (Å²) < 4.78 is 10.4. The van der Waals surface area contributed by atoms with E-state index in [9.17, 15) is 9.59 Å². The summed E-state index contributed by atoms with van der Waals surface area (Å²) in [5.41, 5.74) is 0.757. The summed E-state index contributed by atoms with van der Waals surface area (Å²) in [5, 5.41) is 2.95. The molecule has 2 amide bonds. The maximum atomic E-state index is 12.6. The minimum atomic E-state index is -0.223. The first-order valence-corrected chi connectivity index (χ1v) is 9.83. The number of benzene rings is 1. The minimum absolute atomic E-state index is 0.0250. The third-order valence-corrected chi connectivity index (χ3v) is 5.41. The van der Waals surface area contributed by atoms with Crippen molar-refractivity contribution in [2.45, 2.75) is 13.0 Å². The number of morpholine rings is 1. The quantitative estimate of drug-likeness (QED) is 0.763. The van der Waals surface area contributed by atoms with Crippen LogP contribution in [0.15, 0.2) is 24.3 Å². The number of methoxy groups -OCH3 is 1. The Morgan fingerprint density at radius 1 is 1.07 bits per heavy atom. The van der Waals surface area contributed by atoms with Crippen molar-refractivity contribution in [2.75, 3.05) is 71.5 Å². The lowest BCUT2D eigenvalue weighted by Crippen LogP contribution is -2.55. The van der Waals surface area contributed by atoms with E-state index in [4.69, 9.17) is 9.47 Å². The Balaban J connectivity index is 1.42. The van der Waals surface area contributed by atoms with E-state index in [1.165, 1.54) is 0 Å². The predicted molar refractivity (Wildman–Crippen MR) is 106 cm³/mol. The SMILES string of the molecule is COc1ccc(NC(=O)C(C)N2CCN(CC(=O)N3CCOCC3)CC2)cc1. The van der Waals surface area contributed by atoms with Crippen LogP contribution in [0.4, 0.5) is 5.69 Å². The summed E-state index contributed by atoms with van der Waals surface area (Å²) in [7, 11) is 1.61. The number of anilines is 1. The largest absolute Gasteiger partial charge is 0.497 e. The zero-order chi connectivity index (χ0) is 19.9. The first-order chi connectivity index (χ1) is 13.6. The van der Waals surface area contributed by atoms with E-state index in [0.717, 1.165) is 37.6 Å². The molecule has 2 heterocycles. The normalized spacial score (nSPS) is 19.9. The Morgan fingerprint density at radius 3 is 2.32 bits per heavy atom. The molecule has 2 fully saturated rings. The molecule has 8 nitrogen and oxygen atoms in total. The molecule has 1 atom stereocenters. The highest BCUT2D eigenvalue weighted by Gasteiger charge is 2.27. The van der Waals surface area contributed by atoms with E-state index in [-0.39, 0.29) is 17.9 Å². The molecule has 154 valence electrons. The molecular formula is C20H30N4O4. The molecular weight excluding hydrogens is 360 g/mol. The Kier molecular flexibility index (Phi) is 7.24. The summed E-state index contributed by atoms with van der Waals surface area (Å²) in [6, 6.07) is 7.09. The van der Waals surface area contributed by atoms with Crippen LogP contribution in [-0.4, -0.2) is 98.7 Å². The lowest BCUT2D eigenvalue weighted by Gasteiger charge is -2.38. The number of amides is 2. The van der Waals surface area contributed by atoms with Gasteiger partial charge in [-0.25, -0.2) is 0 Å². The molecule has 1 N–H and O–H groups in total. The number of piperazine rings is 1. The average Bonchev–Trinajstić information content (AvgIpc) is 2.75. The van der Waals surface area contributed by atoms with Crippen LogP contribution >= 0.6 is 0 Å². The van der Waals surface area contributed by atoms with Gasteiger partial charge in [0.25, 0.3) is 0 Å². The van der Waals surface area contributed by atoms with Crippen LogP contribution in [0.3, 0.4) is 0 Å². The summed E-state index contributed by atoms with van der Waals surface area (Å²) in [6.07, 6.45) is 0. The van der Waals surface area contributed by atoms with E-state index >= 15 is 0 Å². The third-order valence-electron chi connectivity index (χ3n) is 5.41. The van der Waals surface area contributed by atoms with Gasteiger partial charge in [0.05, 0.1) is 32.9 Å². The predicted octanol–water partition coefficient (Wildman–Crippen LogP) is 0.499. The maximum absolute atomic E-state index is 12.6. The molecule has 0 radical (unpaired) electrons. The molecule has 8 heteroatoms. The Morgan fingerprint density at radius 2 is 1.71 bits per heavy atom. The first kappa shape index (κ1) is 20.6. The Bertz CT molecular complexity index is 653. The lowest BCUT2D eigenvalue weighted by atomic mass is 10.2. The van der Waals surface area contributed by atoms with Gasteiger partial charge in [-0.3, -0.25) is 19.4 Å². The lowest BCUT2D eigenvalue weighted by molar-refractivity contribution is -0.137. The molecule has 3 rings (SSSR count). The van der Waals surface area contributed by atoms with Gasteiger partial charge in [0, 0.05) is 45.0 Å². The molecule has 0 aliphatic carbocycles. The molecule has 28 heavy (non-hydrogen) atoms. The number of carbonyl (C=O) groups excluding carboxylic acids is 2. The van der Waals surface area contributed by atoms with Gasteiger partial charge in [0.2, 0.25) is 11.8 Å². The summed E-state index contributed by atoms with van der Waals surface area (Å²) in [5.74, 6) is 0.902. The van der Waals surface area contributed by atoms with Crippen molar-refractivity contribution in [3.63, 3.8) is 0 Å². The van der Waals surface area contributed by atoms with Crippen LogP contribution in [0, 0.1) is 0 Å². The van der Waals surface area contributed by atoms with E-state index in [2.05, 4.69) is 15.1 Å². The molecule has 2 aliphatic heterocycles. The van der Waals surface area contributed by atoms with E-state index in [1.54, 1.807) is 7.11 Å². The molecule has 1 aromatic carbocycles. The van der Waals surface area contributed by atoms with Crippen LogP contribution in [0.5, 0.6) is 5.75 Å². The van der Waals surface area contributed by atoms with Crippen LogP contribution in [-0.2, 0) is 14.3 Å². The van der Waals surface area contributed by atoms with Gasteiger partial charge in [-0.1, -0.05) is 0 Å². The van der Waals surface area contributed by atoms with E-state index in [1.807, 2.05) is 36.1 Å². The molecule has 2 aliphatic rings. The fourth-order valence-corrected chi connectivity index (χ4v) is 3.50. The van der Waals surface area contributed by atoms with Crippen molar-refractivity contribution in [3.8, 4) is 5.75 Å². The van der Waals surface area contributed by atoms with Gasteiger partial charge in [0.1, 0.15) is 5.75 Å². The topological polar surface area (TPSA) is 74.4 Å². The van der Waals surface area contributed by atoms with Crippen molar-refractivity contribution in [1.82, 2.24) is 14.7 Å². The Hall–Kier alpha value is -2.16. The second kappa shape index (κ2) is 9.86. The molecule has 1 aromatic rings. The van der Waals surface area contributed by atoms with Crippen molar-refractivity contribution in [3.05, 3.63) is 24.3 Å². The fraction of sp³-hybridized carbons (Fsp3) is 0.600. The molecule has 0 spiro atoms. The number of hydrogen-bond acceptors (Lipinski definition) is 6.